The minimum absolute atomic E-state index is 0.270. The van der Waals surface area contributed by atoms with Crippen LogP contribution in [0.2, 0.25) is 0 Å². The standard InChI is InChI=1S/C17H17FN4O/c18-13-3-1-2-12(10-13)15-11-19-17-5-4-16(21-22(15)17)20-14-6-8-23-9-7-14/h1-5,10-11,14H,6-9H2,(H,20,21). The molecular formula is C17H17FN4O. The zero-order chi connectivity index (χ0) is 15.6. The summed E-state index contributed by atoms with van der Waals surface area (Å²) in [4.78, 5) is 4.34. The van der Waals surface area contributed by atoms with Gasteiger partial charge in [0.05, 0.1) is 11.9 Å². The summed E-state index contributed by atoms with van der Waals surface area (Å²) in [6.07, 6.45) is 3.66. The molecule has 6 heteroatoms. The van der Waals surface area contributed by atoms with Crippen LogP contribution in [0.5, 0.6) is 0 Å². The number of rotatable bonds is 3. The van der Waals surface area contributed by atoms with Gasteiger partial charge in [-0.2, -0.15) is 0 Å². The first kappa shape index (κ1) is 14.1. The molecule has 0 atom stereocenters. The van der Waals surface area contributed by atoms with Crippen molar-refractivity contribution in [3.63, 3.8) is 0 Å². The van der Waals surface area contributed by atoms with Crippen molar-refractivity contribution in [3.05, 3.63) is 48.4 Å². The number of anilines is 1. The number of ether oxygens (including phenoxy) is 1. The van der Waals surface area contributed by atoms with Crippen molar-refractivity contribution in [1.29, 1.82) is 0 Å². The fourth-order valence-corrected chi connectivity index (χ4v) is 2.85. The molecular weight excluding hydrogens is 295 g/mol. The molecule has 0 aliphatic carbocycles. The summed E-state index contributed by atoms with van der Waals surface area (Å²) in [7, 11) is 0. The number of hydrogen-bond donors (Lipinski definition) is 1. The Morgan fingerprint density at radius 1 is 1.17 bits per heavy atom. The number of fused-ring (bicyclic) bond motifs is 1. The van der Waals surface area contributed by atoms with Gasteiger partial charge in [0, 0.05) is 24.8 Å². The highest BCUT2D eigenvalue weighted by atomic mass is 19.1. The van der Waals surface area contributed by atoms with Crippen LogP contribution in [0.15, 0.2) is 42.6 Å². The number of nitrogens with one attached hydrogen (secondary N) is 1. The Morgan fingerprint density at radius 3 is 2.87 bits per heavy atom. The van der Waals surface area contributed by atoms with Crippen molar-refractivity contribution in [1.82, 2.24) is 14.6 Å². The number of hydrogen-bond acceptors (Lipinski definition) is 4. The molecule has 0 radical (unpaired) electrons. The summed E-state index contributed by atoms with van der Waals surface area (Å²) in [6, 6.07) is 10.7. The smallest absolute Gasteiger partial charge is 0.154 e. The van der Waals surface area contributed by atoms with Gasteiger partial charge in [0.2, 0.25) is 0 Å². The SMILES string of the molecule is Fc1cccc(-c2cnc3ccc(NC4CCOCC4)nn23)c1. The topological polar surface area (TPSA) is 51.5 Å². The molecule has 1 saturated heterocycles. The van der Waals surface area contributed by atoms with Crippen molar-refractivity contribution >= 4 is 11.5 Å². The molecule has 2 aromatic heterocycles. The van der Waals surface area contributed by atoms with Gasteiger partial charge in [-0.05, 0) is 37.1 Å². The van der Waals surface area contributed by atoms with Crippen LogP contribution in [0.3, 0.4) is 0 Å². The largest absolute Gasteiger partial charge is 0.381 e. The van der Waals surface area contributed by atoms with Crippen LogP contribution in [0.4, 0.5) is 10.2 Å². The number of aromatic nitrogens is 3. The lowest BCUT2D eigenvalue weighted by Gasteiger charge is -2.23. The average molecular weight is 312 g/mol. The van der Waals surface area contributed by atoms with Gasteiger partial charge < -0.3 is 10.1 Å². The molecule has 3 aromatic rings. The van der Waals surface area contributed by atoms with Gasteiger partial charge in [-0.15, -0.1) is 5.10 Å². The molecule has 0 bridgehead atoms. The normalized spacial score (nSPS) is 15.9. The molecule has 23 heavy (non-hydrogen) atoms. The number of halogens is 1. The summed E-state index contributed by atoms with van der Waals surface area (Å²) < 4.78 is 20.6. The Bertz CT molecular complexity index is 826. The number of benzene rings is 1. The van der Waals surface area contributed by atoms with Crippen LogP contribution in [0.1, 0.15) is 12.8 Å². The molecule has 1 N–H and O–H groups in total. The third-order valence-electron chi connectivity index (χ3n) is 4.06. The third kappa shape index (κ3) is 2.90. The molecule has 5 nitrogen and oxygen atoms in total. The van der Waals surface area contributed by atoms with E-state index in [1.54, 1.807) is 16.8 Å². The first-order chi connectivity index (χ1) is 11.3. The fourth-order valence-electron chi connectivity index (χ4n) is 2.85. The Hall–Kier alpha value is -2.47. The second-order valence-corrected chi connectivity index (χ2v) is 5.67. The molecule has 1 aromatic carbocycles. The Kier molecular flexibility index (Phi) is 3.67. The zero-order valence-corrected chi connectivity index (χ0v) is 12.6. The lowest BCUT2D eigenvalue weighted by molar-refractivity contribution is 0.0903. The maximum atomic E-state index is 13.5. The van der Waals surface area contributed by atoms with E-state index in [1.165, 1.54) is 12.1 Å². The van der Waals surface area contributed by atoms with E-state index in [2.05, 4.69) is 15.4 Å². The van der Waals surface area contributed by atoms with Gasteiger partial charge in [0.1, 0.15) is 11.6 Å². The van der Waals surface area contributed by atoms with Crippen molar-refractivity contribution in [2.24, 2.45) is 0 Å². The maximum Gasteiger partial charge on any atom is 0.154 e. The van der Waals surface area contributed by atoms with Gasteiger partial charge in [-0.3, -0.25) is 0 Å². The van der Waals surface area contributed by atoms with E-state index in [0.717, 1.165) is 48.8 Å². The average Bonchev–Trinajstić information content (AvgIpc) is 2.99. The summed E-state index contributed by atoms with van der Waals surface area (Å²) in [5.74, 6) is 0.522. The van der Waals surface area contributed by atoms with E-state index < -0.39 is 0 Å². The van der Waals surface area contributed by atoms with E-state index in [1.807, 2.05) is 18.2 Å². The molecule has 1 fully saturated rings. The zero-order valence-electron chi connectivity index (χ0n) is 12.6. The third-order valence-corrected chi connectivity index (χ3v) is 4.06. The van der Waals surface area contributed by atoms with E-state index in [4.69, 9.17) is 4.74 Å². The predicted octanol–water partition coefficient (Wildman–Crippen LogP) is 3.13. The van der Waals surface area contributed by atoms with Crippen molar-refractivity contribution < 1.29 is 9.13 Å². The van der Waals surface area contributed by atoms with E-state index in [9.17, 15) is 4.39 Å². The first-order valence-corrected chi connectivity index (χ1v) is 7.74. The highest BCUT2D eigenvalue weighted by molar-refractivity contribution is 5.63. The van der Waals surface area contributed by atoms with Gasteiger partial charge in [0.15, 0.2) is 5.65 Å². The summed E-state index contributed by atoms with van der Waals surface area (Å²) in [6.45, 7) is 1.55. The molecule has 0 saturated carbocycles. The monoisotopic (exact) mass is 312 g/mol. The molecule has 0 spiro atoms. The van der Waals surface area contributed by atoms with Crippen molar-refractivity contribution in [2.75, 3.05) is 18.5 Å². The van der Waals surface area contributed by atoms with Crippen LogP contribution in [-0.2, 0) is 4.74 Å². The Labute approximate surface area is 133 Å². The maximum absolute atomic E-state index is 13.5. The molecule has 0 unspecified atom stereocenters. The minimum Gasteiger partial charge on any atom is -0.381 e. The van der Waals surface area contributed by atoms with Crippen LogP contribution < -0.4 is 5.32 Å². The highest BCUT2D eigenvalue weighted by Gasteiger charge is 2.15. The molecule has 3 heterocycles. The fraction of sp³-hybridized carbons (Fsp3) is 0.294. The van der Waals surface area contributed by atoms with Crippen LogP contribution in [0.25, 0.3) is 16.9 Å². The van der Waals surface area contributed by atoms with Gasteiger partial charge in [-0.1, -0.05) is 12.1 Å². The lowest BCUT2D eigenvalue weighted by atomic mass is 10.1. The van der Waals surface area contributed by atoms with Crippen LogP contribution in [0, 0.1) is 5.82 Å². The summed E-state index contributed by atoms with van der Waals surface area (Å²) in [5, 5.41) is 8.05. The van der Waals surface area contributed by atoms with Crippen LogP contribution in [-0.4, -0.2) is 33.9 Å². The van der Waals surface area contributed by atoms with E-state index in [0.29, 0.717) is 6.04 Å². The minimum atomic E-state index is -0.270. The van der Waals surface area contributed by atoms with E-state index >= 15 is 0 Å². The number of nitrogens with zero attached hydrogens (tertiary/aromatic N) is 3. The van der Waals surface area contributed by atoms with Crippen LogP contribution >= 0.6 is 0 Å². The summed E-state index contributed by atoms with van der Waals surface area (Å²) >= 11 is 0. The Balaban J connectivity index is 1.68. The van der Waals surface area contributed by atoms with Crippen molar-refractivity contribution in [2.45, 2.75) is 18.9 Å². The summed E-state index contributed by atoms with van der Waals surface area (Å²) in [5.41, 5.74) is 2.27. The molecule has 4 rings (SSSR count). The van der Waals surface area contributed by atoms with Gasteiger partial charge in [0.25, 0.3) is 0 Å². The van der Waals surface area contributed by atoms with E-state index in [-0.39, 0.29) is 5.82 Å². The highest BCUT2D eigenvalue weighted by Crippen LogP contribution is 2.22. The lowest BCUT2D eigenvalue weighted by Crippen LogP contribution is -2.28. The second-order valence-electron chi connectivity index (χ2n) is 5.67. The number of imidazole rings is 1. The molecule has 1 aliphatic rings. The Morgan fingerprint density at radius 2 is 2.04 bits per heavy atom. The van der Waals surface area contributed by atoms with Gasteiger partial charge >= 0.3 is 0 Å². The molecule has 1 aliphatic heterocycles. The second kappa shape index (κ2) is 5.96. The first-order valence-electron chi connectivity index (χ1n) is 7.74. The molecule has 118 valence electrons. The predicted molar refractivity (Wildman–Crippen MR) is 85.8 cm³/mol. The quantitative estimate of drug-likeness (QED) is 0.807. The molecule has 0 amide bonds. The van der Waals surface area contributed by atoms with Crippen molar-refractivity contribution in [3.8, 4) is 11.3 Å². The van der Waals surface area contributed by atoms with Gasteiger partial charge in [-0.25, -0.2) is 13.9 Å².